The predicted octanol–water partition coefficient (Wildman–Crippen LogP) is 0.629. The molecule has 4 N–H and O–H groups in total. The summed E-state index contributed by atoms with van der Waals surface area (Å²) in [7, 11) is 0. The number of aromatic amines is 1. The number of H-pyrrole nitrogens is 1. The molecular formula is C11H9N5O3. The summed E-state index contributed by atoms with van der Waals surface area (Å²) in [6.07, 6.45) is 0. The summed E-state index contributed by atoms with van der Waals surface area (Å²) < 4.78 is 0. The van der Waals surface area contributed by atoms with E-state index in [1.807, 2.05) is 0 Å². The van der Waals surface area contributed by atoms with Gasteiger partial charge < -0.3 is 5.73 Å². The lowest BCUT2D eigenvalue weighted by Crippen LogP contribution is -2.24. The van der Waals surface area contributed by atoms with Crippen molar-refractivity contribution < 1.29 is 4.92 Å². The first-order valence-corrected chi connectivity index (χ1v) is 5.18. The first-order valence-electron chi connectivity index (χ1n) is 5.18. The Morgan fingerprint density at radius 1 is 1.42 bits per heavy atom. The number of rotatable bonds is 3. The molecule has 0 aliphatic heterocycles. The molecule has 19 heavy (non-hydrogen) atoms. The molecule has 0 unspecified atom stereocenters. The third-order valence-corrected chi connectivity index (χ3v) is 2.45. The molecular weight excluding hydrogens is 250 g/mol. The number of benzene rings is 1. The molecule has 96 valence electrons. The third-order valence-electron chi connectivity index (χ3n) is 2.45. The molecule has 2 aromatic rings. The molecule has 8 heteroatoms. The molecule has 1 aromatic carbocycles. The molecule has 0 radical (unpaired) electrons. The summed E-state index contributed by atoms with van der Waals surface area (Å²) in [6.45, 7) is 0. The molecule has 0 amide bonds. The van der Waals surface area contributed by atoms with Gasteiger partial charge in [0.25, 0.3) is 11.2 Å². The Kier molecular flexibility index (Phi) is 3.06. The van der Waals surface area contributed by atoms with Crippen LogP contribution < -0.4 is 11.3 Å². The van der Waals surface area contributed by atoms with Crippen LogP contribution in [0, 0.1) is 15.5 Å². The zero-order chi connectivity index (χ0) is 14.0. The number of nitro benzene ring substituents is 1. The monoisotopic (exact) mass is 259 g/mol. The fourth-order valence-corrected chi connectivity index (χ4v) is 1.53. The Hall–Kier alpha value is -3.03. The van der Waals surface area contributed by atoms with Gasteiger partial charge >= 0.3 is 0 Å². The van der Waals surface area contributed by atoms with Gasteiger partial charge in [-0.25, -0.2) is 5.10 Å². The van der Waals surface area contributed by atoms with Crippen molar-refractivity contribution in [3.63, 3.8) is 0 Å². The van der Waals surface area contributed by atoms with Crippen LogP contribution >= 0.6 is 0 Å². The van der Waals surface area contributed by atoms with E-state index in [2.05, 4.69) is 10.2 Å². The molecule has 0 aliphatic carbocycles. The van der Waals surface area contributed by atoms with E-state index in [1.54, 1.807) is 6.07 Å². The average Bonchev–Trinajstić information content (AvgIpc) is 2.39. The summed E-state index contributed by atoms with van der Waals surface area (Å²) in [6, 6.07) is 7.11. The minimum absolute atomic E-state index is 0.0310. The zero-order valence-electron chi connectivity index (χ0n) is 9.58. The summed E-state index contributed by atoms with van der Waals surface area (Å²) in [5.74, 6) is -0.393. The quantitative estimate of drug-likeness (QED) is 0.321. The summed E-state index contributed by atoms with van der Waals surface area (Å²) in [5, 5.41) is 23.9. The lowest BCUT2D eigenvalue weighted by Gasteiger charge is -2.02. The first-order chi connectivity index (χ1) is 8.99. The fourth-order valence-electron chi connectivity index (χ4n) is 1.53. The maximum absolute atomic E-state index is 11.4. The number of nitro groups is 1. The highest BCUT2D eigenvalue weighted by atomic mass is 16.6. The van der Waals surface area contributed by atoms with Crippen LogP contribution in [0.4, 0.5) is 5.69 Å². The number of nitrogens with one attached hydrogen (secondary N) is 2. The van der Waals surface area contributed by atoms with Crippen molar-refractivity contribution in [2.75, 3.05) is 0 Å². The summed E-state index contributed by atoms with van der Waals surface area (Å²) in [5.41, 5.74) is 5.32. The molecule has 0 fully saturated rings. The first kappa shape index (κ1) is 12.4. The van der Waals surface area contributed by atoms with Crippen molar-refractivity contribution >= 4 is 11.5 Å². The van der Waals surface area contributed by atoms with Gasteiger partial charge in [0.05, 0.1) is 16.2 Å². The number of hydrogen-bond donors (Lipinski definition) is 3. The van der Waals surface area contributed by atoms with Gasteiger partial charge in [0, 0.05) is 17.7 Å². The van der Waals surface area contributed by atoms with Crippen LogP contribution in [-0.2, 0) is 0 Å². The average molecular weight is 259 g/mol. The molecule has 0 atom stereocenters. The normalized spacial score (nSPS) is 10.1. The molecule has 8 nitrogen and oxygen atoms in total. The summed E-state index contributed by atoms with van der Waals surface area (Å²) >= 11 is 0. The lowest BCUT2D eigenvalue weighted by atomic mass is 10.1. The number of amidine groups is 1. The number of nitrogens with two attached hydrogens (primary N) is 1. The SMILES string of the molecule is N=C(N)c1cc(-c2cccc([N+](=O)[O-])c2)n[nH]c1=O. The van der Waals surface area contributed by atoms with Gasteiger partial charge in [0.2, 0.25) is 0 Å². The Morgan fingerprint density at radius 3 is 2.79 bits per heavy atom. The zero-order valence-corrected chi connectivity index (χ0v) is 9.58. The van der Waals surface area contributed by atoms with Crippen molar-refractivity contribution in [1.29, 1.82) is 5.41 Å². The van der Waals surface area contributed by atoms with Crippen LogP contribution in [0.15, 0.2) is 35.1 Å². The van der Waals surface area contributed by atoms with Gasteiger partial charge in [-0.2, -0.15) is 5.10 Å². The summed E-state index contributed by atoms with van der Waals surface area (Å²) in [4.78, 5) is 21.5. The van der Waals surface area contributed by atoms with Gasteiger partial charge in [0.15, 0.2) is 0 Å². The molecule has 1 heterocycles. The standard InChI is InChI=1S/C11H9N5O3/c12-10(13)8-5-9(14-15-11(8)17)6-2-1-3-7(4-6)16(18)19/h1-5H,(H3,12,13)(H,15,17). The predicted molar refractivity (Wildman–Crippen MR) is 68.0 cm³/mol. The van der Waals surface area contributed by atoms with Crippen molar-refractivity contribution in [2.24, 2.45) is 5.73 Å². The van der Waals surface area contributed by atoms with E-state index in [9.17, 15) is 14.9 Å². The minimum atomic E-state index is -0.582. The van der Waals surface area contributed by atoms with Crippen LogP contribution in [0.3, 0.4) is 0 Å². The second-order valence-corrected chi connectivity index (χ2v) is 3.72. The van der Waals surface area contributed by atoms with Gasteiger partial charge in [-0.15, -0.1) is 0 Å². The Labute approximate surface area is 106 Å². The van der Waals surface area contributed by atoms with Crippen LogP contribution in [0.25, 0.3) is 11.3 Å². The third kappa shape index (κ3) is 2.46. The van der Waals surface area contributed by atoms with E-state index >= 15 is 0 Å². The number of aromatic nitrogens is 2. The molecule has 0 bridgehead atoms. The topological polar surface area (TPSA) is 139 Å². The Bertz CT molecular complexity index is 722. The van der Waals surface area contributed by atoms with Crippen LogP contribution in [-0.4, -0.2) is 21.0 Å². The van der Waals surface area contributed by atoms with Gasteiger partial charge in [-0.3, -0.25) is 20.3 Å². The van der Waals surface area contributed by atoms with E-state index in [1.165, 1.54) is 24.3 Å². The van der Waals surface area contributed by atoms with E-state index < -0.39 is 16.3 Å². The second-order valence-electron chi connectivity index (χ2n) is 3.72. The fraction of sp³-hybridized carbons (Fsp3) is 0. The van der Waals surface area contributed by atoms with Crippen molar-refractivity contribution in [1.82, 2.24) is 10.2 Å². The van der Waals surface area contributed by atoms with Crippen LogP contribution in [0.5, 0.6) is 0 Å². The highest BCUT2D eigenvalue weighted by Gasteiger charge is 2.11. The molecule has 2 rings (SSSR count). The highest BCUT2D eigenvalue weighted by Crippen LogP contribution is 2.21. The maximum atomic E-state index is 11.4. The smallest absolute Gasteiger partial charge is 0.275 e. The van der Waals surface area contributed by atoms with E-state index in [4.69, 9.17) is 11.1 Å². The number of nitrogen functional groups attached to an aromatic ring is 1. The van der Waals surface area contributed by atoms with Gasteiger partial charge in [-0.05, 0) is 6.07 Å². The van der Waals surface area contributed by atoms with Crippen molar-refractivity contribution in [3.05, 3.63) is 56.4 Å². The van der Waals surface area contributed by atoms with E-state index in [0.29, 0.717) is 11.3 Å². The van der Waals surface area contributed by atoms with Gasteiger partial charge in [-0.1, -0.05) is 12.1 Å². The highest BCUT2D eigenvalue weighted by molar-refractivity contribution is 5.95. The Balaban J connectivity index is 2.56. The van der Waals surface area contributed by atoms with Crippen LogP contribution in [0.2, 0.25) is 0 Å². The van der Waals surface area contributed by atoms with Crippen molar-refractivity contribution in [3.8, 4) is 11.3 Å². The Morgan fingerprint density at radius 2 is 2.16 bits per heavy atom. The van der Waals surface area contributed by atoms with Gasteiger partial charge in [0.1, 0.15) is 5.84 Å². The minimum Gasteiger partial charge on any atom is -0.384 e. The lowest BCUT2D eigenvalue weighted by molar-refractivity contribution is -0.384. The van der Waals surface area contributed by atoms with E-state index in [0.717, 1.165) is 0 Å². The maximum Gasteiger partial charge on any atom is 0.275 e. The molecule has 0 saturated carbocycles. The van der Waals surface area contributed by atoms with Crippen molar-refractivity contribution in [2.45, 2.75) is 0 Å². The van der Waals surface area contributed by atoms with E-state index in [-0.39, 0.29) is 11.3 Å². The second kappa shape index (κ2) is 4.69. The molecule has 0 aliphatic rings. The molecule has 1 aromatic heterocycles. The number of non-ortho nitro benzene ring substituents is 1. The molecule has 0 saturated heterocycles. The number of hydrogen-bond acceptors (Lipinski definition) is 5. The number of nitrogens with zero attached hydrogens (tertiary/aromatic N) is 2. The van der Waals surface area contributed by atoms with Crippen LogP contribution in [0.1, 0.15) is 5.56 Å². The largest absolute Gasteiger partial charge is 0.384 e. The molecule has 0 spiro atoms.